The number of carbonyl (C=O) groups is 1. The van der Waals surface area contributed by atoms with Crippen molar-refractivity contribution >= 4 is 5.91 Å². The molecule has 0 aromatic heterocycles. The third-order valence-electron chi connectivity index (χ3n) is 9.98. The average molecular weight is 654 g/mol. The Morgan fingerprint density at radius 2 is 0.696 bits per heavy atom. The Hall–Kier alpha value is -0.650. The van der Waals surface area contributed by atoms with Crippen LogP contribution in [0.25, 0.3) is 0 Å². The Morgan fingerprint density at radius 3 is 0.978 bits per heavy atom. The highest BCUT2D eigenvalue weighted by atomic mass is 16.3. The maximum atomic E-state index is 12.4. The molecule has 0 aliphatic rings. The molecule has 0 aromatic rings. The fourth-order valence-corrected chi connectivity index (χ4v) is 6.66. The van der Waals surface area contributed by atoms with E-state index in [1.54, 1.807) is 0 Å². The fraction of sp³-hybridized carbons (Fsp3) is 0.976. The number of aliphatic hydroxyl groups excluding tert-OH is 3. The molecule has 4 N–H and O–H groups in total. The predicted molar refractivity (Wildman–Crippen MR) is 199 cm³/mol. The maximum absolute atomic E-state index is 12.4. The molecule has 0 rings (SSSR count). The first-order valence-corrected chi connectivity index (χ1v) is 20.8. The average Bonchev–Trinajstić information content (AvgIpc) is 3.06. The van der Waals surface area contributed by atoms with Gasteiger partial charge in [-0.05, 0) is 12.8 Å². The Morgan fingerprint density at radius 1 is 0.435 bits per heavy atom. The lowest BCUT2D eigenvalue weighted by Gasteiger charge is -2.23. The number of carbonyl (C=O) groups excluding carboxylic acids is 1. The lowest BCUT2D eigenvalue weighted by atomic mass is 10.0. The van der Waals surface area contributed by atoms with Crippen molar-refractivity contribution < 1.29 is 20.1 Å². The van der Waals surface area contributed by atoms with E-state index in [4.69, 9.17) is 0 Å². The van der Waals surface area contributed by atoms with Crippen LogP contribution in [0.1, 0.15) is 232 Å². The molecule has 3 atom stereocenters. The first-order chi connectivity index (χ1) is 22.6. The molecule has 0 spiro atoms. The molecule has 0 heterocycles. The van der Waals surface area contributed by atoms with E-state index >= 15 is 0 Å². The SMILES string of the molecule is CCCCCCCCCCCCCCCCCCC(O)C(=O)NC(CO)C(O)CCCCCCCCCCCCCCCCCC. The minimum atomic E-state index is -1.07. The van der Waals surface area contributed by atoms with Crippen molar-refractivity contribution in [2.75, 3.05) is 6.61 Å². The summed E-state index contributed by atoms with van der Waals surface area (Å²) < 4.78 is 0. The van der Waals surface area contributed by atoms with E-state index in [0.29, 0.717) is 12.8 Å². The minimum absolute atomic E-state index is 0.308. The molecule has 0 aliphatic heterocycles. The second-order valence-electron chi connectivity index (χ2n) is 14.6. The Kier molecular flexibility index (Phi) is 36.6. The smallest absolute Gasteiger partial charge is 0.249 e. The summed E-state index contributed by atoms with van der Waals surface area (Å²) in [5.74, 6) is -0.467. The van der Waals surface area contributed by atoms with Gasteiger partial charge in [0.25, 0.3) is 0 Å². The van der Waals surface area contributed by atoms with Crippen molar-refractivity contribution in [2.45, 2.75) is 250 Å². The van der Waals surface area contributed by atoms with E-state index in [1.165, 1.54) is 173 Å². The minimum Gasteiger partial charge on any atom is -0.394 e. The highest BCUT2D eigenvalue weighted by Crippen LogP contribution is 2.16. The Bertz CT molecular complexity index is 601. The number of rotatable bonds is 38. The van der Waals surface area contributed by atoms with Gasteiger partial charge in [-0.25, -0.2) is 0 Å². The van der Waals surface area contributed by atoms with Crippen LogP contribution >= 0.6 is 0 Å². The highest BCUT2D eigenvalue weighted by Gasteiger charge is 2.23. The summed E-state index contributed by atoms with van der Waals surface area (Å²) in [6.45, 7) is 4.24. The third-order valence-corrected chi connectivity index (χ3v) is 9.98. The number of hydrogen-bond acceptors (Lipinski definition) is 4. The standard InChI is InChI=1S/C41H83NO4/c1-3-5-7-9-11-13-15-17-19-21-23-25-27-29-31-33-35-39(44)38(37-43)42-41(46)40(45)36-34-32-30-28-26-24-22-20-18-16-14-12-10-8-6-4-2/h38-40,43-45H,3-37H2,1-2H3,(H,42,46). The molecule has 3 unspecified atom stereocenters. The lowest BCUT2D eigenvalue weighted by molar-refractivity contribution is -0.131. The predicted octanol–water partition coefficient (Wildman–Crippen LogP) is 11.5. The van der Waals surface area contributed by atoms with Crippen molar-refractivity contribution in [1.82, 2.24) is 5.32 Å². The first-order valence-electron chi connectivity index (χ1n) is 20.8. The van der Waals surface area contributed by atoms with Crippen LogP contribution < -0.4 is 5.32 Å². The van der Waals surface area contributed by atoms with E-state index in [1.807, 2.05) is 0 Å². The summed E-state index contributed by atoms with van der Waals surface area (Å²) in [5, 5.41) is 33.2. The summed E-state index contributed by atoms with van der Waals surface area (Å²) in [6, 6.07) is -0.704. The van der Waals surface area contributed by atoms with Crippen LogP contribution in [0.5, 0.6) is 0 Å². The van der Waals surface area contributed by atoms with Crippen LogP contribution in [-0.2, 0) is 4.79 Å². The van der Waals surface area contributed by atoms with Gasteiger partial charge in [-0.2, -0.15) is 0 Å². The summed E-state index contributed by atoms with van der Waals surface area (Å²) in [7, 11) is 0. The highest BCUT2D eigenvalue weighted by molar-refractivity contribution is 5.80. The van der Waals surface area contributed by atoms with Gasteiger partial charge in [-0.3, -0.25) is 4.79 Å². The largest absolute Gasteiger partial charge is 0.394 e. The van der Waals surface area contributed by atoms with Gasteiger partial charge < -0.3 is 20.6 Å². The van der Waals surface area contributed by atoms with Crippen molar-refractivity contribution in [3.8, 4) is 0 Å². The second kappa shape index (κ2) is 37.2. The maximum Gasteiger partial charge on any atom is 0.249 e. The molecule has 46 heavy (non-hydrogen) atoms. The van der Waals surface area contributed by atoms with Crippen molar-refractivity contribution in [3.63, 3.8) is 0 Å². The van der Waals surface area contributed by atoms with Crippen LogP contribution in [0.3, 0.4) is 0 Å². The molecule has 0 aliphatic carbocycles. The fourth-order valence-electron chi connectivity index (χ4n) is 6.66. The van der Waals surface area contributed by atoms with Crippen molar-refractivity contribution in [1.29, 1.82) is 0 Å². The zero-order chi connectivity index (χ0) is 33.8. The Labute approximate surface area is 287 Å². The summed E-state index contributed by atoms with van der Waals surface area (Å²) in [5.41, 5.74) is 0. The van der Waals surface area contributed by atoms with E-state index in [2.05, 4.69) is 19.2 Å². The van der Waals surface area contributed by atoms with Gasteiger partial charge in [-0.1, -0.05) is 219 Å². The van der Waals surface area contributed by atoms with Crippen LogP contribution in [0.4, 0.5) is 0 Å². The van der Waals surface area contributed by atoms with Gasteiger partial charge in [0.05, 0.1) is 18.8 Å². The monoisotopic (exact) mass is 654 g/mol. The zero-order valence-electron chi connectivity index (χ0n) is 31.2. The van der Waals surface area contributed by atoms with E-state index in [9.17, 15) is 20.1 Å². The van der Waals surface area contributed by atoms with E-state index < -0.39 is 24.2 Å². The summed E-state index contributed by atoms with van der Waals surface area (Å²) in [4.78, 5) is 12.4. The summed E-state index contributed by atoms with van der Waals surface area (Å²) >= 11 is 0. The molecule has 276 valence electrons. The van der Waals surface area contributed by atoms with Gasteiger partial charge in [0.1, 0.15) is 6.10 Å². The molecule has 0 saturated carbocycles. The zero-order valence-corrected chi connectivity index (χ0v) is 31.2. The second-order valence-corrected chi connectivity index (χ2v) is 14.6. The van der Waals surface area contributed by atoms with Crippen LogP contribution in [-0.4, -0.2) is 46.1 Å². The Balaban J connectivity index is 3.61. The molecule has 0 radical (unpaired) electrons. The van der Waals surface area contributed by atoms with Gasteiger partial charge >= 0.3 is 0 Å². The van der Waals surface area contributed by atoms with E-state index in [0.717, 1.165) is 32.1 Å². The van der Waals surface area contributed by atoms with Gasteiger partial charge in [0, 0.05) is 0 Å². The molecule has 0 saturated heterocycles. The molecule has 5 nitrogen and oxygen atoms in total. The molecule has 0 aromatic carbocycles. The van der Waals surface area contributed by atoms with Crippen LogP contribution in [0.2, 0.25) is 0 Å². The van der Waals surface area contributed by atoms with Crippen LogP contribution in [0.15, 0.2) is 0 Å². The topological polar surface area (TPSA) is 89.8 Å². The van der Waals surface area contributed by atoms with Gasteiger partial charge in [-0.15, -0.1) is 0 Å². The van der Waals surface area contributed by atoms with Crippen LogP contribution in [0, 0.1) is 0 Å². The number of amides is 1. The summed E-state index contributed by atoms with van der Waals surface area (Å²) in [6.07, 6.45) is 40.9. The number of unbranched alkanes of at least 4 members (excludes halogenated alkanes) is 30. The number of nitrogens with one attached hydrogen (secondary N) is 1. The third kappa shape index (κ3) is 31.9. The number of hydrogen-bond donors (Lipinski definition) is 4. The molecular weight excluding hydrogens is 570 g/mol. The first kappa shape index (κ1) is 45.3. The van der Waals surface area contributed by atoms with E-state index in [-0.39, 0.29) is 6.61 Å². The molecular formula is C41H83NO4. The molecule has 0 fully saturated rings. The normalized spacial score (nSPS) is 13.6. The quantitative estimate of drug-likeness (QED) is 0.0499. The van der Waals surface area contributed by atoms with Gasteiger partial charge in [0.15, 0.2) is 0 Å². The van der Waals surface area contributed by atoms with Crippen molar-refractivity contribution in [2.24, 2.45) is 0 Å². The molecule has 1 amide bonds. The lowest BCUT2D eigenvalue weighted by Crippen LogP contribution is -2.49. The number of aliphatic hydroxyl groups is 3. The van der Waals surface area contributed by atoms with Crippen molar-refractivity contribution in [3.05, 3.63) is 0 Å². The van der Waals surface area contributed by atoms with Gasteiger partial charge in [0.2, 0.25) is 5.91 Å². The molecule has 5 heteroatoms. The molecule has 0 bridgehead atoms.